The van der Waals surface area contributed by atoms with E-state index in [4.69, 9.17) is 20.7 Å². The lowest BCUT2D eigenvalue weighted by Crippen LogP contribution is -2.30. The molecule has 2 aromatic heterocycles. The number of hydrogen-bond donors (Lipinski definition) is 0. The van der Waals surface area contributed by atoms with E-state index < -0.39 is 26.1 Å². The second-order valence-corrected chi connectivity index (χ2v) is 12.5. The lowest BCUT2D eigenvalue weighted by molar-refractivity contribution is 0.0734. The number of imidazole rings is 1. The van der Waals surface area contributed by atoms with Crippen molar-refractivity contribution in [3.05, 3.63) is 76.7 Å². The van der Waals surface area contributed by atoms with Gasteiger partial charge >= 0.3 is 0 Å². The van der Waals surface area contributed by atoms with Crippen LogP contribution in [-0.2, 0) is 4.57 Å². The number of benzene rings is 2. The van der Waals surface area contributed by atoms with E-state index in [1.165, 1.54) is 0 Å². The summed E-state index contributed by atoms with van der Waals surface area (Å²) < 4.78 is 38.8. The molecule has 2 aromatic carbocycles. The molecule has 1 amide bonds. The Morgan fingerprint density at radius 1 is 1.12 bits per heavy atom. The maximum Gasteiger partial charge on any atom is 0.254 e. The van der Waals surface area contributed by atoms with Crippen LogP contribution in [0.15, 0.2) is 54.7 Å². The molecule has 0 aliphatic carbocycles. The van der Waals surface area contributed by atoms with Crippen LogP contribution in [0, 0.1) is 0 Å². The van der Waals surface area contributed by atoms with E-state index in [2.05, 4.69) is 4.98 Å². The molecule has 0 unspecified atom stereocenters. The molecule has 0 saturated carbocycles. The minimum Gasteiger partial charge on any atom is -0.331 e. The van der Waals surface area contributed by atoms with Crippen LogP contribution in [0.4, 0.5) is 0 Å². The number of hydrogen-bond acceptors (Lipinski definition) is 4. The molecule has 2 atom stereocenters. The fourth-order valence-corrected chi connectivity index (χ4v) is 6.02. The van der Waals surface area contributed by atoms with Gasteiger partial charge in [0.2, 0.25) is 0 Å². The van der Waals surface area contributed by atoms with Gasteiger partial charge in [-0.25, -0.2) is 4.98 Å². The van der Waals surface area contributed by atoms with Crippen molar-refractivity contribution in [2.24, 2.45) is 0 Å². The molecule has 6 rings (SSSR count). The van der Waals surface area contributed by atoms with Crippen LogP contribution in [0.5, 0.6) is 0 Å². The van der Waals surface area contributed by atoms with E-state index in [-0.39, 0.29) is 6.04 Å². The average Bonchev–Trinajstić information content (AvgIpc) is 3.30. The van der Waals surface area contributed by atoms with Gasteiger partial charge in [0, 0.05) is 45.4 Å². The van der Waals surface area contributed by atoms with Crippen molar-refractivity contribution in [3.63, 3.8) is 0 Å². The minimum atomic E-state index is -2.64. The number of aromatic nitrogens is 3. The predicted octanol–water partition coefficient (Wildman–Crippen LogP) is 5.12. The van der Waals surface area contributed by atoms with Crippen LogP contribution in [0.25, 0.3) is 22.2 Å². The smallest absolute Gasteiger partial charge is 0.254 e. The van der Waals surface area contributed by atoms with Crippen molar-refractivity contribution in [2.45, 2.75) is 18.5 Å². The quantitative estimate of drug-likeness (QED) is 0.374. The highest BCUT2D eigenvalue weighted by Gasteiger charge is 2.44. The molecule has 0 radical (unpaired) electrons. The molecule has 2 bridgehead atoms. The summed E-state index contributed by atoms with van der Waals surface area (Å²) in [6, 6.07) is 13.5. The third kappa shape index (κ3) is 3.01. The Bertz CT molecular complexity index is 1610. The van der Waals surface area contributed by atoms with E-state index in [1.54, 1.807) is 43.8 Å². The zero-order valence-electron chi connectivity index (χ0n) is 21.0. The normalized spacial score (nSPS) is 21.2. The van der Waals surface area contributed by atoms with Gasteiger partial charge in [0.05, 0.1) is 28.6 Å². The maximum atomic E-state index is 13.4. The molecule has 6 nitrogen and oxygen atoms in total. The molecular formula is C25H22ClN4O2P. The second kappa shape index (κ2) is 7.02. The molecule has 4 heterocycles. The fraction of sp³-hybridized carbons (Fsp3) is 0.240. The number of halogens is 1. The van der Waals surface area contributed by atoms with Crippen molar-refractivity contribution in [3.8, 4) is 11.1 Å². The summed E-state index contributed by atoms with van der Waals surface area (Å²) in [5, 5.41) is 0.422. The zero-order chi connectivity index (χ0) is 25.6. The molecule has 166 valence electrons. The molecule has 0 saturated heterocycles. The van der Waals surface area contributed by atoms with Crippen LogP contribution in [0.2, 0.25) is 5.02 Å². The summed E-state index contributed by atoms with van der Waals surface area (Å²) in [5.74, 6) is -0.0251. The lowest BCUT2D eigenvalue weighted by atomic mass is 9.98. The first-order valence-electron chi connectivity index (χ1n) is 12.1. The van der Waals surface area contributed by atoms with Crippen molar-refractivity contribution in [1.82, 2.24) is 19.4 Å². The van der Waals surface area contributed by atoms with Gasteiger partial charge in [-0.1, -0.05) is 29.8 Å². The number of pyridine rings is 1. The van der Waals surface area contributed by atoms with E-state index in [1.807, 2.05) is 28.8 Å². The third-order valence-electron chi connectivity index (χ3n) is 6.55. The molecule has 4 aromatic rings. The van der Waals surface area contributed by atoms with Crippen LogP contribution >= 0.6 is 18.7 Å². The first kappa shape index (κ1) is 17.5. The van der Waals surface area contributed by atoms with E-state index in [0.29, 0.717) is 39.3 Å². The van der Waals surface area contributed by atoms with Crippen LogP contribution in [0.1, 0.15) is 44.4 Å². The molecule has 8 heteroatoms. The van der Waals surface area contributed by atoms with Gasteiger partial charge in [0.25, 0.3) is 5.91 Å². The molecule has 2 aliphatic rings. The molecular weight excluding hydrogens is 455 g/mol. The van der Waals surface area contributed by atoms with Crippen molar-refractivity contribution in [2.75, 3.05) is 20.3 Å². The summed E-state index contributed by atoms with van der Waals surface area (Å²) in [7, 11) is -2.46. The van der Waals surface area contributed by atoms with Gasteiger partial charge in [0.15, 0.2) is 0 Å². The Morgan fingerprint density at radius 2 is 1.94 bits per heavy atom. The van der Waals surface area contributed by atoms with Crippen molar-refractivity contribution in [1.29, 1.82) is 0 Å². The van der Waals surface area contributed by atoms with Gasteiger partial charge in [-0.05, 0) is 49.2 Å². The number of amides is 1. The second-order valence-electron chi connectivity index (χ2n) is 8.94. The Kier molecular flexibility index (Phi) is 3.73. The van der Waals surface area contributed by atoms with Gasteiger partial charge in [-0.2, -0.15) is 0 Å². The van der Waals surface area contributed by atoms with Crippen LogP contribution < -0.4 is 5.44 Å². The number of carbonyl (C=O) groups excluding carboxylic acids is 1. The highest BCUT2D eigenvalue weighted by molar-refractivity contribution is 7.69. The third-order valence-corrected chi connectivity index (χ3v) is 8.25. The monoisotopic (exact) mass is 479 g/mol. The number of carbonyl (C=O) groups is 1. The van der Waals surface area contributed by atoms with Crippen LogP contribution in [-0.4, -0.2) is 45.6 Å². The zero-order valence-corrected chi connectivity index (χ0v) is 19.6. The van der Waals surface area contributed by atoms with Gasteiger partial charge in [-0.15, -0.1) is 0 Å². The predicted molar refractivity (Wildman–Crippen MR) is 131 cm³/mol. The molecule has 0 fully saturated rings. The Morgan fingerprint density at radius 3 is 2.67 bits per heavy atom. The Hall–Kier alpha value is -2.95. The maximum absolute atomic E-state index is 13.4. The standard InChI is InChI=1S/C25H22ClN4O2P/c1-29-21-12-20(23-16(25(29)31)5-4-6-17(23)26)30-19-11-14(7-9-18(19)28-24(21)30)15-8-10-22(27-13-15)33(2,3)32/h4-11,13,20-21H,12H2,1-3H3/t20-,21-/m1/s1/i1D3. The van der Waals surface area contributed by atoms with E-state index in [9.17, 15) is 9.36 Å². The molecule has 2 aliphatic heterocycles. The van der Waals surface area contributed by atoms with E-state index >= 15 is 0 Å². The first-order valence-corrected chi connectivity index (χ1v) is 13.6. The first-order chi connectivity index (χ1) is 16.9. The molecule has 0 N–H and O–H groups in total. The van der Waals surface area contributed by atoms with Gasteiger partial charge in [-0.3, -0.25) is 9.78 Å². The lowest BCUT2D eigenvalue weighted by Gasteiger charge is -2.24. The summed E-state index contributed by atoms with van der Waals surface area (Å²) in [6.45, 7) is 0.737. The van der Waals surface area contributed by atoms with Gasteiger partial charge < -0.3 is 14.0 Å². The van der Waals surface area contributed by atoms with Crippen molar-refractivity contribution >= 4 is 41.1 Å². The SMILES string of the molecule is [2H]C([2H])([2H])N1C(=O)c2cccc(Cl)c2[C@H]2C[C@@H]1c1nc3ccc(-c4ccc(P(C)(C)=O)nc4)cc3n12. The topological polar surface area (TPSA) is 68.1 Å². The number of fused-ring (bicyclic) bond motifs is 9. The molecule has 0 spiro atoms. The highest BCUT2D eigenvalue weighted by atomic mass is 35.5. The minimum absolute atomic E-state index is 0.304. The summed E-state index contributed by atoms with van der Waals surface area (Å²) in [6.07, 6.45) is 2.09. The summed E-state index contributed by atoms with van der Waals surface area (Å²) in [4.78, 5) is 23.6. The summed E-state index contributed by atoms with van der Waals surface area (Å²) >= 11 is 6.62. The average molecular weight is 480 g/mol. The van der Waals surface area contributed by atoms with Crippen molar-refractivity contribution < 1.29 is 13.5 Å². The molecule has 33 heavy (non-hydrogen) atoms. The van der Waals surface area contributed by atoms with Gasteiger partial charge in [0.1, 0.15) is 13.0 Å². The fourth-order valence-electron chi connectivity index (χ4n) is 4.95. The largest absolute Gasteiger partial charge is 0.331 e. The number of nitrogens with zero attached hydrogens (tertiary/aromatic N) is 4. The Balaban J connectivity index is 1.56. The number of rotatable bonds is 2. The highest BCUT2D eigenvalue weighted by Crippen LogP contribution is 2.49. The van der Waals surface area contributed by atoms with E-state index in [0.717, 1.165) is 21.5 Å². The van der Waals surface area contributed by atoms with Crippen LogP contribution in [0.3, 0.4) is 0 Å². The summed E-state index contributed by atoms with van der Waals surface area (Å²) in [5.41, 5.74) is 4.78. The Labute approximate surface area is 200 Å².